The minimum Gasteiger partial charge on any atom is -0.336 e. The Morgan fingerprint density at radius 3 is 2.81 bits per heavy atom. The predicted molar refractivity (Wildman–Crippen MR) is 59.5 cm³/mol. The summed E-state index contributed by atoms with van der Waals surface area (Å²) in [5, 5.41) is 0. The van der Waals surface area contributed by atoms with Gasteiger partial charge >= 0.3 is 0 Å². The van der Waals surface area contributed by atoms with Crippen LogP contribution >= 0.6 is 15.9 Å². The highest BCUT2D eigenvalue weighted by atomic mass is 79.9. The maximum absolute atomic E-state index is 12.9. The van der Waals surface area contributed by atoms with Crippen LogP contribution in [0.5, 0.6) is 0 Å². The fourth-order valence-electron chi connectivity index (χ4n) is 1.74. The van der Waals surface area contributed by atoms with Gasteiger partial charge in [-0.3, -0.25) is 4.79 Å². The summed E-state index contributed by atoms with van der Waals surface area (Å²) in [6.07, 6.45) is -0.562. The van der Waals surface area contributed by atoms with Gasteiger partial charge in [-0.1, -0.05) is 0 Å². The highest BCUT2D eigenvalue weighted by molar-refractivity contribution is 9.10. The molecule has 1 atom stereocenters. The molecule has 0 aromatic heterocycles. The molecule has 5 heteroatoms. The van der Waals surface area contributed by atoms with Crippen molar-refractivity contribution in [1.29, 1.82) is 0 Å². The first-order valence-corrected chi connectivity index (χ1v) is 5.75. The number of hydrogen-bond donors (Lipinski definition) is 0. The quantitative estimate of drug-likeness (QED) is 0.779. The molecule has 1 aromatic carbocycles. The number of halogens is 3. The first kappa shape index (κ1) is 11.5. The highest BCUT2D eigenvalue weighted by Gasteiger charge is 2.27. The summed E-state index contributed by atoms with van der Waals surface area (Å²) in [5.74, 6) is -0.666. The number of carbonyl (C=O) groups excluding carboxylic acids is 1. The van der Waals surface area contributed by atoms with Crippen LogP contribution in [-0.2, 0) is 0 Å². The van der Waals surface area contributed by atoms with E-state index in [2.05, 4.69) is 15.9 Å². The van der Waals surface area contributed by atoms with Gasteiger partial charge in [0.1, 0.15) is 12.0 Å². The Bertz CT molecular complexity index is 424. The number of hydrogen-bond acceptors (Lipinski definition) is 1. The third kappa shape index (κ3) is 2.24. The first-order valence-electron chi connectivity index (χ1n) is 4.96. The molecule has 0 bridgehead atoms. The summed E-state index contributed by atoms with van der Waals surface area (Å²) >= 11 is 3.13. The summed E-state index contributed by atoms with van der Waals surface area (Å²) in [4.78, 5) is 13.4. The molecule has 1 aromatic rings. The second kappa shape index (κ2) is 4.49. The van der Waals surface area contributed by atoms with Crippen molar-refractivity contribution in [3.63, 3.8) is 0 Å². The molecule has 1 aliphatic rings. The number of benzene rings is 1. The van der Waals surface area contributed by atoms with Gasteiger partial charge in [-0.2, -0.15) is 0 Å². The van der Waals surface area contributed by atoms with Crippen molar-refractivity contribution in [2.24, 2.45) is 0 Å². The Labute approximate surface area is 100 Å². The van der Waals surface area contributed by atoms with Crippen molar-refractivity contribution in [2.45, 2.75) is 12.6 Å². The maximum atomic E-state index is 12.9. The van der Waals surface area contributed by atoms with E-state index in [1.807, 2.05) is 0 Å². The molecule has 1 unspecified atom stereocenters. The molecule has 0 N–H and O–H groups in total. The fourth-order valence-corrected chi connectivity index (χ4v) is 2.26. The lowest BCUT2D eigenvalue weighted by atomic mass is 10.2. The standard InChI is InChI=1S/C11H10BrF2NO/c12-10-5-7(13)1-2-9(10)11(16)15-4-3-8(14)6-15/h1-2,5,8H,3-4,6H2. The second-order valence-electron chi connectivity index (χ2n) is 3.76. The summed E-state index contributed by atoms with van der Waals surface area (Å²) in [5.41, 5.74) is 0.371. The van der Waals surface area contributed by atoms with E-state index in [0.717, 1.165) is 0 Å². The Kier molecular flexibility index (Phi) is 3.23. The number of likely N-dealkylation sites (tertiary alicyclic amines) is 1. The van der Waals surface area contributed by atoms with Crippen LogP contribution in [0.25, 0.3) is 0 Å². The van der Waals surface area contributed by atoms with Gasteiger partial charge in [-0.25, -0.2) is 8.78 Å². The van der Waals surface area contributed by atoms with Gasteiger partial charge in [0.15, 0.2) is 0 Å². The van der Waals surface area contributed by atoms with Crippen molar-refractivity contribution in [3.05, 3.63) is 34.1 Å². The Balaban J connectivity index is 2.21. The molecule has 2 rings (SSSR count). The molecule has 2 nitrogen and oxygen atoms in total. The van der Waals surface area contributed by atoms with Crippen LogP contribution in [0, 0.1) is 5.82 Å². The van der Waals surface area contributed by atoms with Crippen LogP contribution in [0.1, 0.15) is 16.8 Å². The van der Waals surface area contributed by atoms with Gasteiger partial charge in [0.05, 0.1) is 12.1 Å². The molecule has 0 saturated carbocycles. The van der Waals surface area contributed by atoms with Gasteiger partial charge in [0, 0.05) is 11.0 Å². The topological polar surface area (TPSA) is 20.3 Å². The zero-order chi connectivity index (χ0) is 11.7. The average Bonchev–Trinajstić information content (AvgIpc) is 2.64. The molecule has 1 heterocycles. The lowest BCUT2D eigenvalue weighted by Crippen LogP contribution is -2.29. The van der Waals surface area contributed by atoms with Crippen molar-refractivity contribution in [1.82, 2.24) is 4.90 Å². The first-order chi connectivity index (χ1) is 7.58. The average molecular weight is 290 g/mol. The summed E-state index contributed by atoms with van der Waals surface area (Å²) in [6.45, 7) is 0.548. The summed E-state index contributed by atoms with van der Waals surface area (Å²) in [6, 6.07) is 3.87. The molecule has 1 fully saturated rings. The van der Waals surface area contributed by atoms with Crippen molar-refractivity contribution in [2.75, 3.05) is 13.1 Å². The number of carbonyl (C=O) groups is 1. The third-order valence-electron chi connectivity index (χ3n) is 2.58. The minimum absolute atomic E-state index is 0.128. The van der Waals surface area contributed by atoms with E-state index in [-0.39, 0.29) is 12.5 Å². The molecule has 0 spiro atoms. The van der Waals surface area contributed by atoms with E-state index in [1.54, 1.807) is 0 Å². The van der Waals surface area contributed by atoms with Crippen LogP contribution in [-0.4, -0.2) is 30.1 Å². The van der Waals surface area contributed by atoms with Crippen LogP contribution in [0.4, 0.5) is 8.78 Å². The van der Waals surface area contributed by atoms with Crippen LogP contribution in [0.3, 0.4) is 0 Å². The largest absolute Gasteiger partial charge is 0.336 e. The maximum Gasteiger partial charge on any atom is 0.255 e. The Morgan fingerprint density at radius 1 is 1.50 bits per heavy atom. The van der Waals surface area contributed by atoms with E-state index in [9.17, 15) is 13.6 Å². The van der Waals surface area contributed by atoms with Gasteiger partial charge in [-0.15, -0.1) is 0 Å². The number of amides is 1. The predicted octanol–water partition coefficient (Wildman–Crippen LogP) is 2.77. The van der Waals surface area contributed by atoms with E-state index < -0.39 is 12.0 Å². The van der Waals surface area contributed by atoms with Crippen molar-refractivity contribution < 1.29 is 13.6 Å². The highest BCUT2D eigenvalue weighted by Crippen LogP contribution is 2.22. The normalized spacial score (nSPS) is 20.2. The molecule has 16 heavy (non-hydrogen) atoms. The van der Waals surface area contributed by atoms with Gasteiger partial charge in [0.2, 0.25) is 0 Å². The van der Waals surface area contributed by atoms with E-state index in [0.29, 0.717) is 23.0 Å². The SMILES string of the molecule is O=C(c1ccc(F)cc1Br)N1CCC(F)C1. The molecular weight excluding hydrogens is 280 g/mol. The van der Waals surface area contributed by atoms with Crippen molar-refractivity contribution >= 4 is 21.8 Å². The monoisotopic (exact) mass is 289 g/mol. The van der Waals surface area contributed by atoms with Gasteiger partial charge in [0.25, 0.3) is 5.91 Å². The smallest absolute Gasteiger partial charge is 0.255 e. The van der Waals surface area contributed by atoms with E-state index in [4.69, 9.17) is 0 Å². The Hall–Kier alpha value is -0.970. The lowest BCUT2D eigenvalue weighted by molar-refractivity contribution is 0.0782. The second-order valence-corrected chi connectivity index (χ2v) is 4.62. The molecule has 0 radical (unpaired) electrons. The third-order valence-corrected chi connectivity index (χ3v) is 3.24. The van der Waals surface area contributed by atoms with Gasteiger partial charge in [-0.05, 0) is 40.5 Å². The zero-order valence-corrected chi connectivity index (χ0v) is 10.0. The lowest BCUT2D eigenvalue weighted by Gasteiger charge is -2.16. The molecular formula is C11H10BrF2NO. The number of alkyl halides is 1. The van der Waals surface area contributed by atoms with E-state index in [1.165, 1.54) is 23.1 Å². The Morgan fingerprint density at radius 2 is 2.25 bits per heavy atom. The summed E-state index contributed by atoms with van der Waals surface area (Å²) < 4.78 is 26.2. The van der Waals surface area contributed by atoms with Crippen molar-refractivity contribution in [3.8, 4) is 0 Å². The van der Waals surface area contributed by atoms with E-state index >= 15 is 0 Å². The van der Waals surface area contributed by atoms with Crippen LogP contribution < -0.4 is 0 Å². The summed E-state index contributed by atoms with van der Waals surface area (Å²) in [7, 11) is 0. The van der Waals surface area contributed by atoms with Gasteiger partial charge < -0.3 is 4.90 Å². The molecule has 0 aliphatic carbocycles. The number of rotatable bonds is 1. The molecule has 1 amide bonds. The zero-order valence-electron chi connectivity index (χ0n) is 8.42. The number of nitrogens with zero attached hydrogens (tertiary/aromatic N) is 1. The molecule has 1 saturated heterocycles. The van der Waals surface area contributed by atoms with Crippen LogP contribution in [0.15, 0.2) is 22.7 Å². The molecule has 1 aliphatic heterocycles. The van der Waals surface area contributed by atoms with Crippen LogP contribution in [0.2, 0.25) is 0 Å². The minimum atomic E-state index is -0.942. The molecule has 86 valence electrons. The fraction of sp³-hybridized carbons (Fsp3) is 0.364.